The van der Waals surface area contributed by atoms with Gasteiger partial charge in [-0.3, -0.25) is 4.79 Å². The Morgan fingerprint density at radius 3 is 2.84 bits per heavy atom. The zero-order valence-electron chi connectivity index (χ0n) is 11.2. The molecule has 1 aliphatic heterocycles. The number of likely N-dealkylation sites (tertiary alicyclic amines) is 1. The van der Waals surface area contributed by atoms with Gasteiger partial charge in [0, 0.05) is 25.2 Å². The maximum Gasteiger partial charge on any atom is 0.256 e. The number of benzene rings is 1. The molecule has 4 nitrogen and oxygen atoms in total. The van der Waals surface area contributed by atoms with Crippen molar-refractivity contribution in [2.75, 3.05) is 20.1 Å². The lowest BCUT2D eigenvalue weighted by atomic mass is 9.93. The quantitative estimate of drug-likeness (QED) is 0.855. The van der Waals surface area contributed by atoms with Crippen LogP contribution in [0.1, 0.15) is 23.7 Å². The molecule has 0 saturated carbocycles. The Balaban J connectivity index is 2.12. The predicted molar refractivity (Wildman–Crippen MR) is 70.6 cm³/mol. The number of piperidine rings is 1. The molecule has 1 fully saturated rings. The van der Waals surface area contributed by atoms with Crippen molar-refractivity contribution in [1.29, 1.82) is 0 Å². The van der Waals surface area contributed by atoms with Crippen LogP contribution in [0.4, 0.5) is 4.39 Å². The number of aromatic hydroxyl groups is 1. The zero-order valence-corrected chi connectivity index (χ0v) is 11.2. The smallest absolute Gasteiger partial charge is 0.256 e. The van der Waals surface area contributed by atoms with Crippen LogP contribution in [0, 0.1) is 11.7 Å². The van der Waals surface area contributed by atoms with Crippen molar-refractivity contribution < 1.29 is 14.3 Å². The van der Waals surface area contributed by atoms with Crippen LogP contribution in [-0.4, -0.2) is 42.1 Å². The molecule has 1 heterocycles. The van der Waals surface area contributed by atoms with Crippen molar-refractivity contribution in [2.24, 2.45) is 5.92 Å². The summed E-state index contributed by atoms with van der Waals surface area (Å²) in [6, 6.07) is 4.03. The number of amides is 1. The van der Waals surface area contributed by atoms with Gasteiger partial charge in [0.25, 0.3) is 5.91 Å². The molecule has 104 valence electrons. The van der Waals surface area contributed by atoms with E-state index in [2.05, 4.69) is 12.2 Å². The minimum Gasteiger partial charge on any atom is -0.508 e. The fourth-order valence-corrected chi connectivity index (χ4v) is 2.61. The van der Waals surface area contributed by atoms with Gasteiger partial charge in [-0.25, -0.2) is 4.39 Å². The Kier molecular flexibility index (Phi) is 4.04. The average molecular weight is 266 g/mol. The van der Waals surface area contributed by atoms with E-state index in [1.165, 1.54) is 12.1 Å². The number of halogens is 1. The van der Waals surface area contributed by atoms with Crippen molar-refractivity contribution in [2.45, 2.75) is 19.4 Å². The largest absolute Gasteiger partial charge is 0.508 e. The Morgan fingerprint density at radius 1 is 1.53 bits per heavy atom. The minimum absolute atomic E-state index is 0.0212. The van der Waals surface area contributed by atoms with Crippen LogP contribution in [0.15, 0.2) is 18.2 Å². The SMILES string of the molecule is CNC1CCN(C(=O)c2ccc(O)cc2F)CC1C. The topological polar surface area (TPSA) is 52.6 Å². The van der Waals surface area contributed by atoms with Gasteiger partial charge in [0.2, 0.25) is 0 Å². The molecule has 1 aromatic carbocycles. The number of hydrogen-bond donors (Lipinski definition) is 2. The summed E-state index contributed by atoms with van der Waals surface area (Å²) in [4.78, 5) is 13.9. The average Bonchev–Trinajstić information content (AvgIpc) is 2.38. The summed E-state index contributed by atoms with van der Waals surface area (Å²) < 4.78 is 13.7. The second-order valence-corrected chi connectivity index (χ2v) is 5.08. The van der Waals surface area contributed by atoms with Crippen LogP contribution in [0.2, 0.25) is 0 Å². The predicted octanol–water partition coefficient (Wildman–Crippen LogP) is 1.60. The van der Waals surface area contributed by atoms with E-state index < -0.39 is 5.82 Å². The van der Waals surface area contributed by atoms with Gasteiger partial charge in [-0.05, 0) is 31.5 Å². The summed E-state index contributed by atoms with van der Waals surface area (Å²) in [6.07, 6.45) is 0.864. The Hall–Kier alpha value is -1.62. The number of phenolic OH excluding ortho intramolecular Hbond substituents is 1. The first-order valence-electron chi connectivity index (χ1n) is 6.48. The summed E-state index contributed by atoms with van der Waals surface area (Å²) in [5.41, 5.74) is 0.0212. The lowest BCUT2D eigenvalue weighted by molar-refractivity contribution is 0.0644. The van der Waals surface area contributed by atoms with Crippen molar-refractivity contribution in [3.8, 4) is 5.75 Å². The fourth-order valence-electron chi connectivity index (χ4n) is 2.61. The number of nitrogens with zero attached hydrogens (tertiary/aromatic N) is 1. The van der Waals surface area contributed by atoms with Gasteiger partial charge in [0.15, 0.2) is 0 Å². The van der Waals surface area contributed by atoms with E-state index in [1.54, 1.807) is 4.90 Å². The molecule has 0 aliphatic carbocycles. The number of carbonyl (C=O) groups is 1. The number of phenols is 1. The van der Waals surface area contributed by atoms with Crippen LogP contribution in [0.25, 0.3) is 0 Å². The first-order valence-corrected chi connectivity index (χ1v) is 6.48. The molecule has 0 spiro atoms. The first kappa shape index (κ1) is 13.8. The van der Waals surface area contributed by atoms with E-state index in [-0.39, 0.29) is 17.2 Å². The molecule has 2 unspecified atom stereocenters. The van der Waals surface area contributed by atoms with Crippen molar-refractivity contribution in [1.82, 2.24) is 10.2 Å². The second kappa shape index (κ2) is 5.57. The molecule has 1 aliphatic rings. The maximum atomic E-state index is 13.7. The molecule has 0 bridgehead atoms. The molecular weight excluding hydrogens is 247 g/mol. The van der Waals surface area contributed by atoms with Gasteiger partial charge < -0.3 is 15.3 Å². The van der Waals surface area contributed by atoms with E-state index in [4.69, 9.17) is 5.11 Å². The zero-order chi connectivity index (χ0) is 14.0. The van der Waals surface area contributed by atoms with Crippen molar-refractivity contribution in [3.05, 3.63) is 29.6 Å². The molecule has 0 aromatic heterocycles. The number of nitrogens with one attached hydrogen (secondary N) is 1. The highest BCUT2D eigenvalue weighted by Gasteiger charge is 2.29. The van der Waals surface area contributed by atoms with Crippen LogP contribution in [0.5, 0.6) is 5.75 Å². The third-order valence-corrected chi connectivity index (χ3v) is 3.75. The van der Waals surface area contributed by atoms with E-state index in [1.807, 2.05) is 7.05 Å². The monoisotopic (exact) mass is 266 g/mol. The lowest BCUT2D eigenvalue weighted by Crippen LogP contribution is -2.49. The number of rotatable bonds is 2. The van der Waals surface area contributed by atoms with Crippen LogP contribution >= 0.6 is 0 Å². The third-order valence-electron chi connectivity index (χ3n) is 3.75. The van der Waals surface area contributed by atoms with E-state index >= 15 is 0 Å². The maximum absolute atomic E-state index is 13.7. The van der Waals surface area contributed by atoms with Crippen LogP contribution in [-0.2, 0) is 0 Å². The number of hydrogen-bond acceptors (Lipinski definition) is 3. The van der Waals surface area contributed by atoms with E-state index in [0.29, 0.717) is 25.0 Å². The molecule has 1 saturated heterocycles. The van der Waals surface area contributed by atoms with Gasteiger partial charge >= 0.3 is 0 Å². The Morgan fingerprint density at radius 2 is 2.26 bits per heavy atom. The molecular formula is C14H19FN2O2. The second-order valence-electron chi connectivity index (χ2n) is 5.08. The highest BCUT2D eigenvalue weighted by atomic mass is 19.1. The summed E-state index contributed by atoms with van der Waals surface area (Å²) in [5.74, 6) is -0.813. The standard InChI is InChI=1S/C14H19FN2O2/c1-9-8-17(6-5-13(9)16-2)14(19)11-4-3-10(18)7-12(11)15/h3-4,7,9,13,16,18H,5-6,8H2,1-2H3. The summed E-state index contributed by atoms with van der Waals surface area (Å²) in [5, 5.41) is 12.4. The fraction of sp³-hybridized carbons (Fsp3) is 0.500. The van der Waals surface area contributed by atoms with Gasteiger partial charge in [-0.2, -0.15) is 0 Å². The Bertz CT molecular complexity index is 479. The molecule has 5 heteroatoms. The summed E-state index contributed by atoms with van der Waals surface area (Å²) in [6.45, 7) is 3.31. The van der Waals surface area contributed by atoms with Crippen LogP contribution in [0.3, 0.4) is 0 Å². The van der Waals surface area contributed by atoms with E-state index in [9.17, 15) is 9.18 Å². The van der Waals surface area contributed by atoms with Gasteiger partial charge in [0.1, 0.15) is 11.6 Å². The van der Waals surface area contributed by atoms with Gasteiger partial charge in [-0.1, -0.05) is 6.92 Å². The highest BCUT2D eigenvalue weighted by molar-refractivity contribution is 5.94. The van der Waals surface area contributed by atoms with Gasteiger partial charge in [-0.15, -0.1) is 0 Å². The molecule has 0 radical (unpaired) electrons. The van der Waals surface area contributed by atoms with Gasteiger partial charge in [0.05, 0.1) is 5.56 Å². The molecule has 2 N–H and O–H groups in total. The first-order chi connectivity index (χ1) is 9.02. The van der Waals surface area contributed by atoms with Crippen molar-refractivity contribution >= 4 is 5.91 Å². The summed E-state index contributed by atoms with van der Waals surface area (Å²) in [7, 11) is 1.91. The summed E-state index contributed by atoms with van der Waals surface area (Å²) >= 11 is 0. The molecule has 2 rings (SSSR count). The van der Waals surface area contributed by atoms with Crippen molar-refractivity contribution in [3.63, 3.8) is 0 Å². The van der Waals surface area contributed by atoms with E-state index in [0.717, 1.165) is 12.5 Å². The molecule has 19 heavy (non-hydrogen) atoms. The lowest BCUT2D eigenvalue weighted by Gasteiger charge is -2.36. The molecule has 2 atom stereocenters. The minimum atomic E-state index is -0.673. The normalized spacial score (nSPS) is 23.4. The van der Waals surface area contributed by atoms with Crippen LogP contribution < -0.4 is 5.32 Å². The Labute approximate surface area is 112 Å². The molecule has 1 aromatic rings. The highest BCUT2D eigenvalue weighted by Crippen LogP contribution is 2.21. The number of carbonyl (C=O) groups excluding carboxylic acids is 1. The molecule has 1 amide bonds. The third kappa shape index (κ3) is 2.87.